The number of methoxy groups -OCH3 is 1. The van der Waals surface area contributed by atoms with Crippen LogP contribution in [0.3, 0.4) is 0 Å². The summed E-state index contributed by atoms with van der Waals surface area (Å²) >= 11 is 3.32. The topological polar surface area (TPSA) is 26.3 Å². The van der Waals surface area contributed by atoms with Crippen molar-refractivity contribution in [2.45, 2.75) is 4.90 Å². The minimum atomic E-state index is 0.172. The third-order valence-corrected chi connectivity index (χ3v) is 3.49. The Balaban J connectivity index is 2.64. The Morgan fingerprint density at radius 2 is 2.08 bits per heavy atom. The minimum Gasteiger partial charge on any atom is -0.497 e. The quantitative estimate of drug-likeness (QED) is 0.488. The van der Waals surface area contributed by atoms with Crippen LogP contribution < -0.4 is 4.74 Å². The van der Waals surface area contributed by atoms with Crippen LogP contribution in [-0.2, 0) is 4.79 Å². The van der Waals surface area contributed by atoms with Gasteiger partial charge in [-0.25, -0.2) is 0 Å². The molecule has 0 radical (unpaired) electrons. The van der Waals surface area contributed by atoms with Crippen LogP contribution >= 0.6 is 34.4 Å². The summed E-state index contributed by atoms with van der Waals surface area (Å²) in [6, 6.07) is 7.47. The van der Waals surface area contributed by atoms with Gasteiger partial charge in [-0.2, -0.15) is 0 Å². The van der Waals surface area contributed by atoms with Crippen molar-refractivity contribution in [3.8, 4) is 5.75 Å². The van der Waals surface area contributed by atoms with E-state index in [0.29, 0.717) is 4.43 Å². The molecule has 0 aromatic heterocycles. The third kappa shape index (κ3) is 3.56. The van der Waals surface area contributed by atoms with Crippen LogP contribution in [0.25, 0.3) is 0 Å². The minimum absolute atomic E-state index is 0.172. The highest BCUT2D eigenvalue weighted by Crippen LogP contribution is 2.22. The van der Waals surface area contributed by atoms with Crippen LogP contribution in [0.2, 0.25) is 0 Å². The number of benzene rings is 1. The van der Waals surface area contributed by atoms with Crippen molar-refractivity contribution in [2.24, 2.45) is 0 Å². The molecule has 13 heavy (non-hydrogen) atoms. The molecule has 70 valence electrons. The zero-order chi connectivity index (χ0) is 9.68. The highest BCUT2D eigenvalue weighted by atomic mass is 127. The average Bonchev–Trinajstić information content (AvgIpc) is 2.19. The highest BCUT2D eigenvalue weighted by molar-refractivity contribution is 14.1. The summed E-state index contributed by atoms with van der Waals surface area (Å²) < 4.78 is 5.54. The molecule has 1 aromatic rings. The Kier molecular flexibility index (Phi) is 4.58. The van der Waals surface area contributed by atoms with Gasteiger partial charge >= 0.3 is 0 Å². The summed E-state index contributed by atoms with van der Waals surface area (Å²) in [6.07, 6.45) is 0. The van der Waals surface area contributed by atoms with Crippen molar-refractivity contribution in [3.05, 3.63) is 24.3 Å². The summed E-state index contributed by atoms with van der Waals surface area (Å²) in [5.74, 6) is 0.811. The molecule has 0 aliphatic carbocycles. The Morgan fingerprint density at radius 3 is 2.54 bits per heavy atom. The standard InChI is InChI=1S/C9H9IO2S/c1-12-7-2-4-8(5-3-7)13-9(11)6-10/h2-5H,6H2,1H3. The molecule has 4 heteroatoms. The molecular weight excluding hydrogens is 299 g/mol. The molecule has 1 rings (SSSR count). The van der Waals surface area contributed by atoms with E-state index < -0.39 is 0 Å². The maximum atomic E-state index is 11.1. The first-order valence-corrected chi connectivity index (χ1v) is 6.01. The average molecular weight is 308 g/mol. The van der Waals surface area contributed by atoms with Crippen molar-refractivity contribution < 1.29 is 9.53 Å². The Labute approximate surface area is 95.2 Å². The maximum absolute atomic E-state index is 11.1. The summed E-state index contributed by atoms with van der Waals surface area (Å²) in [4.78, 5) is 12.0. The number of thioether (sulfide) groups is 1. The molecule has 0 saturated carbocycles. The summed E-state index contributed by atoms with van der Waals surface area (Å²) in [5, 5.41) is 0.172. The van der Waals surface area contributed by atoms with E-state index in [0.717, 1.165) is 10.6 Å². The zero-order valence-electron chi connectivity index (χ0n) is 7.12. The van der Waals surface area contributed by atoms with Gasteiger partial charge in [0, 0.05) is 4.90 Å². The van der Waals surface area contributed by atoms with E-state index in [2.05, 4.69) is 22.6 Å². The number of halogens is 1. The van der Waals surface area contributed by atoms with Gasteiger partial charge in [0.05, 0.1) is 11.5 Å². The monoisotopic (exact) mass is 308 g/mol. The molecular formula is C9H9IO2S. The molecule has 0 N–H and O–H groups in total. The molecule has 0 spiro atoms. The Morgan fingerprint density at radius 1 is 1.46 bits per heavy atom. The first-order valence-electron chi connectivity index (χ1n) is 3.67. The lowest BCUT2D eigenvalue weighted by molar-refractivity contribution is -0.108. The van der Waals surface area contributed by atoms with E-state index in [1.807, 2.05) is 24.3 Å². The lowest BCUT2D eigenvalue weighted by atomic mass is 10.3. The molecule has 1 aromatic carbocycles. The van der Waals surface area contributed by atoms with Gasteiger partial charge in [-0.05, 0) is 24.3 Å². The number of hydrogen-bond donors (Lipinski definition) is 0. The van der Waals surface area contributed by atoms with E-state index in [9.17, 15) is 4.79 Å². The number of carbonyl (C=O) groups excluding carboxylic acids is 1. The Hall–Kier alpha value is -0.230. The molecule has 0 unspecified atom stereocenters. The first kappa shape index (κ1) is 10.8. The second-order valence-electron chi connectivity index (χ2n) is 2.28. The predicted molar refractivity (Wildman–Crippen MR) is 62.7 cm³/mol. The van der Waals surface area contributed by atoms with Gasteiger partial charge in [-0.1, -0.05) is 34.4 Å². The van der Waals surface area contributed by atoms with Crippen molar-refractivity contribution in [3.63, 3.8) is 0 Å². The van der Waals surface area contributed by atoms with E-state index in [-0.39, 0.29) is 5.12 Å². The van der Waals surface area contributed by atoms with Crippen LogP contribution in [0.15, 0.2) is 29.2 Å². The largest absolute Gasteiger partial charge is 0.497 e. The fraction of sp³-hybridized carbons (Fsp3) is 0.222. The van der Waals surface area contributed by atoms with Gasteiger partial charge in [0.25, 0.3) is 0 Å². The lowest BCUT2D eigenvalue weighted by Gasteiger charge is -2.00. The van der Waals surface area contributed by atoms with Gasteiger partial charge in [0.15, 0.2) is 0 Å². The summed E-state index contributed by atoms with van der Waals surface area (Å²) in [6.45, 7) is 0. The maximum Gasteiger partial charge on any atom is 0.203 e. The highest BCUT2D eigenvalue weighted by Gasteiger charge is 2.01. The molecule has 0 bridgehead atoms. The van der Waals surface area contributed by atoms with Gasteiger partial charge in [0.1, 0.15) is 5.75 Å². The fourth-order valence-corrected chi connectivity index (χ4v) is 1.86. The number of ether oxygens (including phenoxy) is 1. The van der Waals surface area contributed by atoms with Gasteiger partial charge in [-0.3, -0.25) is 4.79 Å². The van der Waals surface area contributed by atoms with Gasteiger partial charge in [-0.15, -0.1) is 0 Å². The number of rotatable bonds is 3. The van der Waals surface area contributed by atoms with E-state index in [1.54, 1.807) is 7.11 Å². The molecule has 0 fully saturated rings. The van der Waals surface area contributed by atoms with Crippen LogP contribution in [0.4, 0.5) is 0 Å². The van der Waals surface area contributed by atoms with E-state index >= 15 is 0 Å². The second kappa shape index (κ2) is 5.49. The predicted octanol–water partition coefficient (Wildman–Crippen LogP) is 2.75. The van der Waals surface area contributed by atoms with Gasteiger partial charge in [0.2, 0.25) is 5.12 Å². The van der Waals surface area contributed by atoms with Crippen molar-refractivity contribution >= 4 is 39.5 Å². The number of alkyl halides is 1. The van der Waals surface area contributed by atoms with Crippen molar-refractivity contribution in [1.82, 2.24) is 0 Å². The SMILES string of the molecule is COc1ccc(SC(=O)CI)cc1. The van der Waals surface area contributed by atoms with Crippen LogP contribution in [0.1, 0.15) is 0 Å². The van der Waals surface area contributed by atoms with Crippen molar-refractivity contribution in [2.75, 3.05) is 11.5 Å². The molecule has 0 aliphatic heterocycles. The number of carbonyl (C=O) groups is 1. The van der Waals surface area contributed by atoms with Gasteiger partial charge < -0.3 is 4.74 Å². The molecule has 2 nitrogen and oxygen atoms in total. The smallest absolute Gasteiger partial charge is 0.203 e. The van der Waals surface area contributed by atoms with Crippen LogP contribution in [-0.4, -0.2) is 16.7 Å². The fourth-order valence-electron chi connectivity index (χ4n) is 0.802. The molecule has 0 atom stereocenters. The Bertz CT molecular complexity index is 284. The van der Waals surface area contributed by atoms with Crippen LogP contribution in [0, 0.1) is 0 Å². The lowest BCUT2D eigenvalue weighted by Crippen LogP contribution is -1.90. The zero-order valence-corrected chi connectivity index (χ0v) is 10.1. The van der Waals surface area contributed by atoms with E-state index in [1.165, 1.54) is 11.8 Å². The second-order valence-corrected chi connectivity index (χ2v) is 4.18. The third-order valence-electron chi connectivity index (χ3n) is 1.40. The van der Waals surface area contributed by atoms with E-state index in [4.69, 9.17) is 4.74 Å². The molecule has 0 saturated heterocycles. The number of hydrogen-bond acceptors (Lipinski definition) is 3. The first-order chi connectivity index (χ1) is 6.26. The molecule has 0 amide bonds. The summed E-state index contributed by atoms with van der Waals surface area (Å²) in [7, 11) is 1.62. The van der Waals surface area contributed by atoms with Crippen LogP contribution in [0.5, 0.6) is 5.75 Å². The van der Waals surface area contributed by atoms with Crippen molar-refractivity contribution in [1.29, 1.82) is 0 Å². The molecule has 0 heterocycles. The normalized spacial score (nSPS) is 9.69. The molecule has 0 aliphatic rings. The summed E-state index contributed by atoms with van der Waals surface area (Å²) in [5.41, 5.74) is 0.